The van der Waals surface area contributed by atoms with Gasteiger partial charge in [0.05, 0.1) is 5.92 Å². The predicted octanol–water partition coefficient (Wildman–Crippen LogP) is -0.423. The molecule has 1 fully saturated rings. The minimum absolute atomic E-state index is 0.0647. The average molecular weight is 112 g/mol. The maximum atomic E-state index is 10.4. The molecule has 0 heterocycles. The van der Waals surface area contributed by atoms with Crippen LogP contribution in [0.2, 0.25) is 0 Å². The molecule has 0 bridgehead atoms. The van der Waals surface area contributed by atoms with Crippen molar-refractivity contribution in [1.82, 2.24) is 0 Å². The molecule has 2 atom stereocenters. The second-order valence-corrected chi connectivity index (χ2v) is 2.21. The molecule has 0 spiro atoms. The first-order chi connectivity index (χ1) is 3.75. The third-order valence-corrected chi connectivity index (χ3v) is 1.56. The van der Waals surface area contributed by atoms with Crippen molar-refractivity contribution in [2.45, 2.75) is 6.42 Å². The summed E-state index contributed by atoms with van der Waals surface area (Å²) in [4.78, 5) is 10.4. The van der Waals surface area contributed by atoms with Crippen molar-refractivity contribution in [3.63, 3.8) is 0 Å². The summed E-state index contributed by atoms with van der Waals surface area (Å²) >= 11 is 0. The number of hydrogen-bond acceptors (Lipinski definition) is 1. The fourth-order valence-electron chi connectivity index (χ4n) is 0.845. The Morgan fingerprint density at radius 1 is 1.88 bits per heavy atom. The maximum Gasteiger partial charge on any atom is 0.312 e. The lowest BCUT2D eigenvalue weighted by Crippen LogP contribution is -2.58. The van der Waals surface area contributed by atoms with Crippen molar-refractivity contribution >= 4 is 5.91 Å². The highest BCUT2D eigenvalue weighted by Crippen LogP contribution is 2.38. The minimum Gasteiger partial charge on any atom is -0.294 e. The number of allylic oxidation sites excluding steroid dienone is 1. The SMILES string of the molecule is C=CC1CC1C([NH3+])=O. The molecule has 0 aromatic rings. The van der Waals surface area contributed by atoms with Gasteiger partial charge in [0, 0.05) is 0 Å². The number of rotatable bonds is 2. The van der Waals surface area contributed by atoms with E-state index in [0.717, 1.165) is 6.42 Å². The van der Waals surface area contributed by atoms with Gasteiger partial charge < -0.3 is 0 Å². The van der Waals surface area contributed by atoms with Crippen molar-refractivity contribution in [2.75, 3.05) is 0 Å². The zero-order chi connectivity index (χ0) is 6.15. The van der Waals surface area contributed by atoms with Crippen LogP contribution in [-0.4, -0.2) is 5.91 Å². The van der Waals surface area contributed by atoms with Crippen molar-refractivity contribution in [3.8, 4) is 0 Å². The topological polar surface area (TPSA) is 44.7 Å². The fourth-order valence-corrected chi connectivity index (χ4v) is 0.845. The molecular weight excluding hydrogens is 102 g/mol. The third-order valence-electron chi connectivity index (χ3n) is 1.56. The van der Waals surface area contributed by atoms with Crippen molar-refractivity contribution in [3.05, 3.63) is 12.7 Å². The lowest BCUT2D eigenvalue weighted by atomic mass is 10.3. The molecule has 1 amide bonds. The van der Waals surface area contributed by atoms with Crippen LogP contribution in [0.3, 0.4) is 0 Å². The van der Waals surface area contributed by atoms with Gasteiger partial charge >= 0.3 is 5.91 Å². The Hall–Kier alpha value is -0.630. The highest BCUT2D eigenvalue weighted by atomic mass is 16.1. The van der Waals surface area contributed by atoms with E-state index in [2.05, 4.69) is 12.3 Å². The van der Waals surface area contributed by atoms with Gasteiger partial charge in [-0.2, -0.15) is 0 Å². The lowest BCUT2D eigenvalue weighted by Gasteiger charge is -1.78. The smallest absolute Gasteiger partial charge is 0.294 e. The van der Waals surface area contributed by atoms with Gasteiger partial charge in [-0.15, -0.1) is 6.58 Å². The van der Waals surface area contributed by atoms with Crippen molar-refractivity contribution in [1.29, 1.82) is 0 Å². The zero-order valence-corrected chi connectivity index (χ0v) is 4.76. The molecule has 44 valence electrons. The van der Waals surface area contributed by atoms with Crippen LogP contribution in [0.15, 0.2) is 12.7 Å². The van der Waals surface area contributed by atoms with Crippen LogP contribution >= 0.6 is 0 Å². The standard InChI is InChI=1S/C6H9NO/c1-2-4-3-5(4)6(7)8/h2,4-5H,1,3H2,(H2,7,8)/p+1. The van der Waals surface area contributed by atoms with E-state index >= 15 is 0 Å². The first-order valence-electron chi connectivity index (χ1n) is 2.74. The number of quaternary nitrogens is 1. The molecule has 0 aromatic heterocycles. The molecule has 0 aromatic carbocycles. The van der Waals surface area contributed by atoms with Crippen LogP contribution < -0.4 is 5.73 Å². The Morgan fingerprint density at radius 3 is 2.62 bits per heavy atom. The van der Waals surface area contributed by atoms with Crippen LogP contribution in [0.4, 0.5) is 0 Å². The number of carbonyl (C=O) groups excluding carboxylic acids is 1. The van der Waals surface area contributed by atoms with Crippen LogP contribution in [0.1, 0.15) is 6.42 Å². The van der Waals surface area contributed by atoms with E-state index in [1.807, 2.05) is 6.08 Å². The molecule has 1 rings (SSSR count). The van der Waals surface area contributed by atoms with Crippen molar-refractivity contribution < 1.29 is 10.5 Å². The monoisotopic (exact) mass is 112 g/mol. The Morgan fingerprint density at radius 2 is 2.50 bits per heavy atom. The lowest BCUT2D eigenvalue weighted by molar-refractivity contribution is -0.308. The highest BCUT2D eigenvalue weighted by molar-refractivity contribution is 5.71. The zero-order valence-electron chi connectivity index (χ0n) is 4.76. The minimum atomic E-state index is 0.0647. The number of hydrogen-bond donors (Lipinski definition) is 1. The first kappa shape index (κ1) is 5.51. The summed E-state index contributed by atoms with van der Waals surface area (Å²) in [5.41, 5.74) is 3.31. The molecular formula is C6H10NO+. The molecule has 8 heavy (non-hydrogen) atoms. The summed E-state index contributed by atoms with van der Waals surface area (Å²) in [5, 5.41) is 0. The summed E-state index contributed by atoms with van der Waals surface area (Å²) in [6.07, 6.45) is 2.81. The first-order valence-corrected chi connectivity index (χ1v) is 2.74. The molecule has 1 aliphatic rings. The van der Waals surface area contributed by atoms with E-state index in [1.165, 1.54) is 0 Å². The normalized spacial score (nSPS) is 34.1. The highest BCUT2D eigenvalue weighted by Gasteiger charge is 2.41. The number of carbonyl (C=O) groups is 1. The van der Waals surface area contributed by atoms with E-state index in [9.17, 15) is 4.79 Å². The van der Waals surface area contributed by atoms with Gasteiger partial charge in [0.25, 0.3) is 0 Å². The molecule has 1 aliphatic carbocycles. The summed E-state index contributed by atoms with van der Waals surface area (Å²) in [6.45, 7) is 3.58. The van der Waals surface area contributed by atoms with Crippen LogP contribution in [0.25, 0.3) is 0 Å². The Balaban J connectivity index is 2.36. The van der Waals surface area contributed by atoms with E-state index in [-0.39, 0.29) is 11.8 Å². The largest absolute Gasteiger partial charge is 0.312 e. The van der Waals surface area contributed by atoms with Gasteiger partial charge in [0.1, 0.15) is 0 Å². The van der Waals surface area contributed by atoms with Gasteiger partial charge in [-0.25, -0.2) is 4.79 Å². The van der Waals surface area contributed by atoms with E-state index < -0.39 is 0 Å². The predicted molar refractivity (Wildman–Crippen MR) is 29.7 cm³/mol. The Labute approximate surface area is 48.4 Å². The van der Waals surface area contributed by atoms with Gasteiger partial charge in [-0.3, -0.25) is 5.73 Å². The summed E-state index contributed by atoms with van der Waals surface area (Å²) in [7, 11) is 0. The van der Waals surface area contributed by atoms with E-state index in [0.29, 0.717) is 5.92 Å². The van der Waals surface area contributed by atoms with Gasteiger partial charge in [-0.1, -0.05) is 6.08 Å². The molecule has 2 heteroatoms. The second-order valence-electron chi connectivity index (χ2n) is 2.21. The molecule has 2 nitrogen and oxygen atoms in total. The fraction of sp³-hybridized carbons (Fsp3) is 0.500. The van der Waals surface area contributed by atoms with E-state index in [1.54, 1.807) is 0 Å². The molecule has 0 radical (unpaired) electrons. The molecule has 2 unspecified atom stereocenters. The van der Waals surface area contributed by atoms with Gasteiger partial charge in [-0.05, 0) is 12.3 Å². The molecule has 1 saturated carbocycles. The van der Waals surface area contributed by atoms with Gasteiger partial charge in [0.2, 0.25) is 0 Å². The van der Waals surface area contributed by atoms with Crippen LogP contribution in [-0.2, 0) is 4.79 Å². The van der Waals surface area contributed by atoms with E-state index in [4.69, 9.17) is 0 Å². The quantitative estimate of drug-likeness (QED) is 0.484. The maximum absolute atomic E-state index is 10.4. The average Bonchev–Trinajstić information content (AvgIpc) is 2.42. The third kappa shape index (κ3) is 0.793. The molecule has 0 saturated heterocycles. The van der Waals surface area contributed by atoms with Crippen LogP contribution in [0.5, 0.6) is 0 Å². The number of amides is 1. The van der Waals surface area contributed by atoms with Crippen molar-refractivity contribution in [2.24, 2.45) is 11.8 Å². The Kier molecular flexibility index (Phi) is 1.18. The van der Waals surface area contributed by atoms with Crippen LogP contribution in [0, 0.1) is 11.8 Å². The summed E-state index contributed by atoms with van der Waals surface area (Å²) in [6, 6.07) is 0. The Bertz CT molecular complexity index is 130. The summed E-state index contributed by atoms with van der Waals surface area (Å²) < 4.78 is 0. The summed E-state index contributed by atoms with van der Waals surface area (Å²) in [5.74, 6) is 0.724. The molecule has 3 N–H and O–H groups in total. The van der Waals surface area contributed by atoms with Gasteiger partial charge in [0.15, 0.2) is 0 Å². The second kappa shape index (κ2) is 1.71. The molecule has 0 aliphatic heterocycles.